The molecule has 0 unspecified atom stereocenters. The second-order valence-electron chi connectivity index (χ2n) is 4.21. The van der Waals surface area contributed by atoms with Gasteiger partial charge in [0.05, 0.1) is 6.54 Å². The monoisotopic (exact) mass is 288 g/mol. The first-order valence-electron chi connectivity index (χ1n) is 6.00. The van der Waals surface area contributed by atoms with Crippen molar-refractivity contribution in [3.05, 3.63) is 64.9 Å². The fourth-order valence-electron chi connectivity index (χ4n) is 1.84. The third kappa shape index (κ3) is 2.53. The molecule has 100 valence electrons. The molecule has 0 spiro atoms. The Hall–Kier alpha value is -2.27. The minimum absolute atomic E-state index is 0.144. The zero-order valence-electron chi connectivity index (χ0n) is 10.4. The van der Waals surface area contributed by atoms with E-state index in [1.165, 1.54) is 10.9 Å². The van der Waals surface area contributed by atoms with Crippen molar-refractivity contribution in [2.45, 2.75) is 6.54 Å². The lowest BCUT2D eigenvalue weighted by atomic mass is 10.2. The van der Waals surface area contributed by atoms with Gasteiger partial charge in [-0.1, -0.05) is 48.0 Å². The summed E-state index contributed by atoms with van der Waals surface area (Å²) in [5.74, 6) is 0.120. The highest BCUT2D eigenvalue weighted by Gasteiger charge is 2.11. The van der Waals surface area contributed by atoms with Gasteiger partial charge >= 0.3 is 0 Å². The van der Waals surface area contributed by atoms with E-state index in [1.54, 1.807) is 12.1 Å². The Morgan fingerprint density at radius 1 is 1.05 bits per heavy atom. The largest absolute Gasteiger partial charge is 0.207 e. The fourth-order valence-corrected chi connectivity index (χ4v) is 2.06. The van der Waals surface area contributed by atoms with Crippen LogP contribution in [0.3, 0.4) is 0 Å². The van der Waals surface area contributed by atoms with Crippen LogP contribution in [0.15, 0.2) is 48.5 Å². The van der Waals surface area contributed by atoms with Gasteiger partial charge in [0, 0.05) is 16.1 Å². The van der Waals surface area contributed by atoms with Crippen LogP contribution < -0.4 is 0 Å². The van der Waals surface area contributed by atoms with Crippen molar-refractivity contribution in [3.8, 4) is 11.4 Å². The highest BCUT2D eigenvalue weighted by Crippen LogP contribution is 2.20. The van der Waals surface area contributed by atoms with E-state index in [0.717, 1.165) is 5.56 Å². The number of nitrogens with zero attached hydrogens (tertiary/aromatic N) is 4. The Balaban J connectivity index is 1.88. The number of rotatable bonds is 3. The molecule has 0 fully saturated rings. The third-order valence-electron chi connectivity index (χ3n) is 2.85. The van der Waals surface area contributed by atoms with Gasteiger partial charge in [0.15, 0.2) is 0 Å². The van der Waals surface area contributed by atoms with Crippen LogP contribution >= 0.6 is 11.6 Å². The van der Waals surface area contributed by atoms with E-state index in [1.807, 2.05) is 30.3 Å². The van der Waals surface area contributed by atoms with Gasteiger partial charge in [0.25, 0.3) is 0 Å². The standard InChI is InChI=1S/C14H10ClFN4/c15-12-7-4-8-13(16)11(12)9-20-18-14(17-19-20)10-5-2-1-3-6-10/h1-8H,9H2. The maximum Gasteiger partial charge on any atom is 0.204 e. The molecule has 20 heavy (non-hydrogen) atoms. The number of halogens is 2. The molecule has 1 heterocycles. The van der Waals surface area contributed by atoms with Crippen LogP contribution in [-0.2, 0) is 6.54 Å². The molecule has 0 saturated heterocycles. The average molecular weight is 289 g/mol. The summed E-state index contributed by atoms with van der Waals surface area (Å²) in [4.78, 5) is 1.33. The fraction of sp³-hybridized carbons (Fsp3) is 0.0714. The van der Waals surface area contributed by atoms with Crippen LogP contribution in [0.4, 0.5) is 4.39 Å². The number of aromatic nitrogens is 4. The first-order chi connectivity index (χ1) is 9.74. The smallest absolute Gasteiger partial charge is 0.204 e. The van der Waals surface area contributed by atoms with Crippen molar-refractivity contribution in [1.29, 1.82) is 0 Å². The van der Waals surface area contributed by atoms with Crippen LogP contribution in [0.1, 0.15) is 5.56 Å². The molecular weight excluding hydrogens is 279 g/mol. The summed E-state index contributed by atoms with van der Waals surface area (Å²) in [6.45, 7) is 0.144. The molecule has 1 aromatic heterocycles. The molecule has 3 aromatic rings. The van der Waals surface area contributed by atoms with Gasteiger partial charge in [0.1, 0.15) is 5.82 Å². The van der Waals surface area contributed by atoms with Crippen LogP contribution in [0.25, 0.3) is 11.4 Å². The van der Waals surface area contributed by atoms with Crippen molar-refractivity contribution in [2.75, 3.05) is 0 Å². The van der Waals surface area contributed by atoms with Gasteiger partial charge in [-0.25, -0.2) is 4.39 Å². The summed E-state index contributed by atoms with van der Waals surface area (Å²) >= 11 is 5.97. The summed E-state index contributed by atoms with van der Waals surface area (Å²) < 4.78 is 13.7. The molecule has 0 N–H and O–H groups in total. The zero-order chi connectivity index (χ0) is 13.9. The molecule has 6 heteroatoms. The lowest BCUT2D eigenvalue weighted by Gasteiger charge is -2.03. The minimum Gasteiger partial charge on any atom is -0.207 e. The topological polar surface area (TPSA) is 43.6 Å². The molecule has 4 nitrogen and oxygen atoms in total. The summed E-state index contributed by atoms with van der Waals surface area (Å²) in [5, 5.41) is 12.5. The first-order valence-corrected chi connectivity index (χ1v) is 6.38. The van der Waals surface area contributed by atoms with Crippen LogP contribution in [0, 0.1) is 5.82 Å². The highest BCUT2D eigenvalue weighted by atomic mass is 35.5. The second kappa shape index (κ2) is 5.38. The maximum absolute atomic E-state index is 13.7. The molecule has 3 rings (SSSR count). The van der Waals surface area contributed by atoms with E-state index in [-0.39, 0.29) is 12.4 Å². The van der Waals surface area contributed by atoms with Gasteiger partial charge in [-0.15, -0.1) is 10.2 Å². The van der Waals surface area contributed by atoms with Crippen LogP contribution in [-0.4, -0.2) is 20.2 Å². The summed E-state index contributed by atoms with van der Waals surface area (Å²) in [6.07, 6.45) is 0. The van der Waals surface area contributed by atoms with Gasteiger partial charge in [-0.2, -0.15) is 4.80 Å². The minimum atomic E-state index is -0.379. The van der Waals surface area contributed by atoms with E-state index >= 15 is 0 Å². The number of hydrogen-bond acceptors (Lipinski definition) is 3. The molecule has 0 atom stereocenters. The summed E-state index contributed by atoms with van der Waals surface area (Å²) in [5.41, 5.74) is 1.21. The Bertz CT molecular complexity index is 707. The van der Waals surface area contributed by atoms with E-state index in [2.05, 4.69) is 15.4 Å². The summed E-state index contributed by atoms with van der Waals surface area (Å²) in [7, 11) is 0. The molecule has 0 aliphatic carbocycles. The quantitative estimate of drug-likeness (QED) is 0.743. The molecular formula is C14H10ClFN4. The van der Waals surface area contributed by atoms with Crippen molar-refractivity contribution >= 4 is 11.6 Å². The van der Waals surface area contributed by atoms with Crippen molar-refractivity contribution < 1.29 is 4.39 Å². The molecule has 0 amide bonds. The number of benzene rings is 2. The van der Waals surface area contributed by atoms with E-state index < -0.39 is 0 Å². The lowest BCUT2D eigenvalue weighted by molar-refractivity contribution is 0.539. The highest BCUT2D eigenvalue weighted by molar-refractivity contribution is 6.31. The summed E-state index contributed by atoms with van der Waals surface area (Å²) in [6, 6.07) is 14.0. The van der Waals surface area contributed by atoms with E-state index in [0.29, 0.717) is 16.4 Å². The molecule has 0 radical (unpaired) electrons. The number of tetrazole rings is 1. The molecule has 0 bridgehead atoms. The van der Waals surface area contributed by atoms with Crippen molar-refractivity contribution in [2.24, 2.45) is 0 Å². The normalized spacial score (nSPS) is 10.7. The van der Waals surface area contributed by atoms with E-state index in [4.69, 9.17) is 11.6 Å². The maximum atomic E-state index is 13.7. The van der Waals surface area contributed by atoms with E-state index in [9.17, 15) is 4.39 Å². The zero-order valence-corrected chi connectivity index (χ0v) is 11.1. The number of hydrogen-bond donors (Lipinski definition) is 0. The Morgan fingerprint density at radius 2 is 1.85 bits per heavy atom. The van der Waals surface area contributed by atoms with Crippen molar-refractivity contribution in [3.63, 3.8) is 0 Å². The molecule has 0 aliphatic rings. The Labute approximate surface area is 119 Å². The van der Waals surface area contributed by atoms with Gasteiger partial charge in [-0.05, 0) is 17.3 Å². The predicted molar refractivity (Wildman–Crippen MR) is 73.8 cm³/mol. The first kappa shape index (κ1) is 12.7. The Kier molecular flexibility index (Phi) is 3.43. The Morgan fingerprint density at radius 3 is 2.60 bits per heavy atom. The van der Waals surface area contributed by atoms with Crippen LogP contribution in [0.5, 0.6) is 0 Å². The molecule has 0 aliphatic heterocycles. The SMILES string of the molecule is Fc1cccc(Cl)c1Cn1nnc(-c2ccccc2)n1. The lowest BCUT2D eigenvalue weighted by Crippen LogP contribution is -2.06. The third-order valence-corrected chi connectivity index (χ3v) is 3.20. The van der Waals surface area contributed by atoms with Crippen LogP contribution in [0.2, 0.25) is 5.02 Å². The van der Waals surface area contributed by atoms with Gasteiger partial charge < -0.3 is 0 Å². The van der Waals surface area contributed by atoms with Crippen molar-refractivity contribution in [1.82, 2.24) is 20.2 Å². The predicted octanol–water partition coefficient (Wildman–Crippen LogP) is 3.18. The second-order valence-corrected chi connectivity index (χ2v) is 4.62. The molecule has 0 saturated carbocycles. The average Bonchev–Trinajstić information content (AvgIpc) is 2.93. The van der Waals surface area contributed by atoms with Gasteiger partial charge in [0.2, 0.25) is 5.82 Å². The molecule has 2 aromatic carbocycles. The van der Waals surface area contributed by atoms with Gasteiger partial charge in [-0.3, -0.25) is 0 Å².